The molecule has 0 amide bonds. The molecule has 4 fully saturated rings. The lowest BCUT2D eigenvalue weighted by Gasteiger charge is -2.36. The molecule has 210 valence electrons. The summed E-state index contributed by atoms with van der Waals surface area (Å²) in [6.07, 6.45) is 3.45. The number of fused-ring (bicyclic) bond motifs is 2. The Morgan fingerprint density at radius 1 is 0.475 bits per heavy atom. The molecule has 0 unspecified atom stereocenters. The SMILES string of the molecule is c1cc2c(cc1N1CCOCC1)=NC1(CCC3(CC1)N=c1cc(N4CCOCC4)c(N4CCOCC4)cc1=N3)N=2. The predicted molar refractivity (Wildman–Crippen MR) is 151 cm³/mol. The molecule has 5 heterocycles. The van der Waals surface area contributed by atoms with Gasteiger partial charge in [-0.1, -0.05) is 0 Å². The van der Waals surface area contributed by atoms with Gasteiger partial charge in [0.15, 0.2) is 11.3 Å². The molecule has 0 aromatic heterocycles. The van der Waals surface area contributed by atoms with Crippen molar-refractivity contribution in [1.82, 2.24) is 0 Å². The zero-order valence-corrected chi connectivity index (χ0v) is 23.1. The molecule has 6 aliphatic rings. The first-order valence-corrected chi connectivity index (χ1v) is 14.9. The van der Waals surface area contributed by atoms with Gasteiger partial charge in [0.1, 0.15) is 0 Å². The fourth-order valence-electron chi connectivity index (χ4n) is 7.01. The molecule has 5 aliphatic heterocycles. The van der Waals surface area contributed by atoms with Crippen molar-refractivity contribution in [2.75, 3.05) is 93.6 Å². The fraction of sp³-hybridized carbons (Fsp3) is 0.600. The molecule has 3 saturated heterocycles. The van der Waals surface area contributed by atoms with E-state index in [1.54, 1.807) is 0 Å². The van der Waals surface area contributed by atoms with Gasteiger partial charge >= 0.3 is 0 Å². The molecule has 1 saturated carbocycles. The summed E-state index contributed by atoms with van der Waals surface area (Å²) in [4.78, 5) is 28.2. The summed E-state index contributed by atoms with van der Waals surface area (Å²) < 4.78 is 16.8. The predicted octanol–water partition coefficient (Wildman–Crippen LogP) is 0.369. The number of rotatable bonds is 3. The summed E-state index contributed by atoms with van der Waals surface area (Å²) >= 11 is 0. The second-order valence-corrected chi connectivity index (χ2v) is 11.7. The number of hydrogen-bond acceptors (Lipinski definition) is 10. The van der Waals surface area contributed by atoms with Crippen LogP contribution in [0, 0.1) is 0 Å². The minimum Gasteiger partial charge on any atom is -0.378 e. The molecule has 8 rings (SSSR count). The standard InChI is InChI=1S/C30H37N7O3/c1-2-23-24(19-22(1)35-7-13-38-14-8-35)32-29(31-23)3-5-30(6-4-29)33-25-20-27(36-9-15-39-16-10-36)28(21-26(25)34-30)37-11-17-40-18-12-37/h1-2,19-21H,3-18H2. The van der Waals surface area contributed by atoms with E-state index in [0.29, 0.717) is 0 Å². The highest BCUT2D eigenvalue weighted by atomic mass is 16.5. The molecule has 0 radical (unpaired) electrons. The Kier molecular flexibility index (Phi) is 6.04. The van der Waals surface area contributed by atoms with Gasteiger partial charge < -0.3 is 28.9 Å². The van der Waals surface area contributed by atoms with Gasteiger partial charge in [-0.15, -0.1) is 0 Å². The van der Waals surface area contributed by atoms with Crippen LogP contribution in [0.15, 0.2) is 50.3 Å². The van der Waals surface area contributed by atoms with Crippen molar-refractivity contribution in [3.8, 4) is 0 Å². The van der Waals surface area contributed by atoms with E-state index >= 15 is 0 Å². The largest absolute Gasteiger partial charge is 0.378 e. The first-order valence-electron chi connectivity index (χ1n) is 14.9. The fourth-order valence-corrected chi connectivity index (χ4v) is 7.01. The van der Waals surface area contributed by atoms with Crippen LogP contribution in [-0.2, 0) is 14.2 Å². The zero-order valence-electron chi connectivity index (χ0n) is 23.1. The highest BCUT2D eigenvalue weighted by Crippen LogP contribution is 2.42. The number of ether oxygens (including phenoxy) is 3. The molecule has 10 nitrogen and oxygen atoms in total. The Morgan fingerprint density at radius 3 is 1.35 bits per heavy atom. The molecule has 1 aliphatic carbocycles. The lowest BCUT2D eigenvalue weighted by molar-refractivity contribution is 0.121. The van der Waals surface area contributed by atoms with E-state index in [-0.39, 0.29) is 5.66 Å². The van der Waals surface area contributed by atoms with Crippen molar-refractivity contribution in [3.63, 3.8) is 0 Å². The molecular formula is C30H37N7O3. The second-order valence-electron chi connectivity index (χ2n) is 11.7. The summed E-state index contributed by atoms with van der Waals surface area (Å²) in [5.41, 5.74) is 2.93. The Bertz CT molecular complexity index is 1480. The zero-order chi connectivity index (χ0) is 26.6. The number of hydrogen-bond donors (Lipinski definition) is 0. The van der Waals surface area contributed by atoms with Gasteiger partial charge in [0.05, 0.1) is 72.4 Å². The monoisotopic (exact) mass is 543 g/mol. The average Bonchev–Trinajstić information content (AvgIpc) is 3.56. The Balaban J connectivity index is 1.07. The first-order chi connectivity index (χ1) is 19.7. The second kappa shape index (κ2) is 9.78. The summed E-state index contributed by atoms with van der Waals surface area (Å²) in [7, 11) is 0. The third kappa shape index (κ3) is 4.37. The van der Waals surface area contributed by atoms with Gasteiger partial charge in [0.2, 0.25) is 0 Å². The van der Waals surface area contributed by atoms with Crippen molar-refractivity contribution in [2.24, 2.45) is 20.0 Å². The minimum absolute atomic E-state index is 0.380. The Hall–Kier alpha value is -3.08. The van der Waals surface area contributed by atoms with E-state index in [1.165, 1.54) is 17.1 Å². The van der Waals surface area contributed by atoms with E-state index in [1.807, 2.05) is 0 Å². The molecule has 0 N–H and O–H groups in total. The van der Waals surface area contributed by atoms with E-state index in [0.717, 1.165) is 126 Å². The maximum atomic E-state index is 5.65. The van der Waals surface area contributed by atoms with Crippen LogP contribution in [0.4, 0.5) is 17.1 Å². The topological polar surface area (TPSA) is 86.8 Å². The van der Waals surface area contributed by atoms with Gasteiger partial charge in [-0.25, -0.2) is 0 Å². The van der Waals surface area contributed by atoms with Crippen molar-refractivity contribution in [3.05, 3.63) is 51.8 Å². The van der Waals surface area contributed by atoms with Gasteiger partial charge in [0, 0.05) is 45.0 Å². The number of anilines is 3. The van der Waals surface area contributed by atoms with Gasteiger partial charge in [-0.05, 0) is 56.0 Å². The van der Waals surface area contributed by atoms with Crippen LogP contribution in [0.1, 0.15) is 25.7 Å². The summed E-state index contributed by atoms with van der Waals surface area (Å²) in [6.45, 7) is 10.1. The third-order valence-corrected chi connectivity index (χ3v) is 9.28. The van der Waals surface area contributed by atoms with Gasteiger partial charge in [-0.2, -0.15) is 0 Å². The number of morpholine rings is 3. The van der Waals surface area contributed by atoms with Crippen LogP contribution in [0.3, 0.4) is 0 Å². The summed E-state index contributed by atoms with van der Waals surface area (Å²) in [5.74, 6) is 0. The van der Waals surface area contributed by atoms with Crippen molar-refractivity contribution < 1.29 is 14.2 Å². The molecule has 2 aromatic rings. The molecule has 40 heavy (non-hydrogen) atoms. The molecule has 0 atom stereocenters. The van der Waals surface area contributed by atoms with E-state index in [4.69, 9.17) is 34.2 Å². The van der Waals surface area contributed by atoms with Gasteiger partial charge in [-0.3, -0.25) is 20.0 Å². The van der Waals surface area contributed by atoms with Crippen LogP contribution in [0.25, 0.3) is 0 Å². The molecular weight excluding hydrogens is 506 g/mol. The normalized spacial score (nSPS) is 24.6. The highest BCUT2D eigenvalue weighted by molar-refractivity contribution is 5.71. The molecule has 0 bridgehead atoms. The lowest BCUT2D eigenvalue weighted by atomic mass is 9.83. The quantitative estimate of drug-likeness (QED) is 0.556. The Morgan fingerprint density at radius 2 is 0.875 bits per heavy atom. The minimum atomic E-state index is -0.404. The van der Waals surface area contributed by atoms with Crippen molar-refractivity contribution in [1.29, 1.82) is 0 Å². The van der Waals surface area contributed by atoms with E-state index in [9.17, 15) is 0 Å². The van der Waals surface area contributed by atoms with Crippen molar-refractivity contribution >= 4 is 17.1 Å². The van der Waals surface area contributed by atoms with Crippen molar-refractivity contribution in [2.45, 2.75) is 37.0 Å². The van der Waals surface area contributed by atoms with Gasteiger partial charge in [0.25, 0.3) is 0 Å². The molecule has 2 aromatic carbocycles. The molecule has 2 spiro atoms. The summed E-state index contributed by atoms with van der Waals surface area (Å²) in [6, 6.07) is 11.1. The number of benzene rings is 2. The Labute approximate surface area is 233 Å². The lowest BCUT2D eigenvalue weighted by Crippen LogP contribution is -2.42. The van der Waals surface area contributed by atoms with Crippen LogP contribution in [0.2, 0.25) is 0 Å². The van der Waals surface area contributed by atoms with Crippen LogP contribution >= 0.6 is 0 Å². The average molecular weight is 544 g/mol. The summed E-state index contributed by atoms with van der Waals surface area (Å²) in [5, 5.41) is 4.08. The molecule has 10 heteroatoms. The van der Waals surface area contributed by atoms with Crippen LogP contribution in [0.5, 0.6) is 0 Å². The maximum absolute atomic E-state index is 5.65. The highest BCUT2D eigenvalue weighted by Gasteiger charge is 2.45. The first kappa shape index (κ1) is 24.7. The van der Waals surface area contributed by atoms with E-state index in [2.05, 4.69) is 45.0 Å². The maximum Gasteiger partial charge on any atom is 0.151 e. The van der Waals surface area contributed by atoms with E-state index < -0.39 is 5.66 Å². The smallest absolute Gasteiger partial charge is 0.151 e. The number of nitrogens with zero attached hydrogens (tertiary/aromatic N) is 7. The third-order valence-electron chi connectivity index (χ3n) is 9.28. The van der Waals surface area contributed by atoms with Crippen LogP contribution < -0.4 is 36.1 Å². The van der Waals surface area contributed by atoms with Crippen LogP contribution in [-0.4, -0.2) is 90.2 Å².